The molecule has 1 unspecified atom stereocenters. The number of hydrogen-bond donors (Lipinski definition) is 2. The van der Waals surface area contributed by atoms with Crippen molar-refractivity contribution < 1.29 is 4.79 Å². The van der Waals surface area contributed by atoms with Gasteiger partial charge in [-0.2, -0.15) is 0 Å². The monoisotopic (exact) mass is 347 g/mol. The lowest BCUT2D eigenvalue weighted by Crippen LogP contribution is -2.53. The lowest BCUT2D eigenvalue weighted by molar-refractivity contribution is 0.0747. The van der Waals surface area contributed by atoms with Crippen molar-refractivity contribution in [3.63, 3.8) is 0 Å². The third-order valence-electron chi connectivity index (χ3n) is 5.95. The van der Waals surface area contributed by atoms with Gasteiger partial charge in [-0.1, -0.05) is 30.5 Å². The number of carbonyl (C=O) groups excluding carboxylic acids is 1. The molecule has 3 aliphatic rings. The molecule has 2 amide bonds. The molecule has 1 aromatic carbocycles. The van der Waals surface area contributed by atoms with Crippen molar-refractivity contribution in [1.29, 1.82) is 0 Å². The Morgan fingerprint density at radius 1 is 1.04 bits per heavy atom. The van der Waals surface area contributed by atoms with Crippen LogP contribution in [0.2, 0.25) is 5.02 Å². The van der Waals surface area contributed by atoms with Crippen LogP contribution in [0.15, 0.2) is 24.3 Å². The molecule has 2 heterocycles. The van der Waals surface area contributed by atoms with Crippen LogP contribution in [0.25, 0.3) is 0 Å². The normalized spacial score (nSPS) is 30.5. The number of halogens is 1. The molecule has 1 aromatic rings. The molecule has 0 aromatic heterocycles. The first-order valence-corrected chi connectivity index (χ1v) is 9.67. The van der Waals surface area contributed by atoms with Crippen LogP contribution in [0.3, 0.4) is 0 Å². The van der Waals surface area contributed by atoms with Crippen molar-refractivity contribution >= 4 is 23.3 Å². The maximum absolute atomic E-state index is 12.3. The predicted molar refractivity (Wildman–Crippen MR) is 97.5 cm³/mol. The van der Waals surface area contributed by atoms with Gasteiger partial charge in [0.1, 0.15) is 0 Å². The molecule has 1 aliphatic carbocycles. The zero-order valence-corrected chi connectivity index (χ0v) is 14.8. The van der Waals surface area contributed by atoms with E-state index in [1.54, 1.807) is 12.1 Å². The third kappa shape index (κ3) is 3.40. The molecule has 0 radical (unpaired) electrons. The van der Waals surface area contributed by atoms with Crippen molar-refractivity contribution in [3.8, 4) is 0 Å². The second kappa shape index (κ2) is 6.93. The fraction of sp³-hybridized carbons (Fsp3) is 0.632. The van der Waals surface area contributed by atoms with E-state index in [1.807, 2.05) is 12.1 Å². The summed E-state index contributed by atoms with van der Waals surface area (Å²) in [6.07, 6.45) is 10.3. The number of nitrogens with zero attached hydrogens (tertiary/aromatic N) is 1. The Labute approximate surface area is 148 Å². The third-order valence-corrected chi connectivity index (χ3v) is 6.19. The Kier molecular flexibility index (Phi) is 4.68. The summed E-state index contributed by atoms with van der Waals surface area (Å²) < 4.78 is 0. The van der Waals surface area contributed by atoms with E-state index in [2.05, 4.69) is 15.5 Å². The van der Waals surface area contributed by atoms with Gasteiger partial charge in [0.15, 0.2) is 0 Å². The van der Waals surface area contributed by atoms with E-state index < -0.39 is 0 Å². The van der Waals surface area contributed by atoms with E-state index in [-0.39, 0.29) is 6.03 Å². The minimum atomic E-state index is -0.115. The van der Waals surface area contributed by atoms with Gasteiger partial charge >= 0.3 is 6.03 Å². The van der Waals surface area contributed by atoms with Gasteiger partial charge in [0, 0.05) is 34.9 Å². The number of piperidine rings is 1. The van der Waals surface area contributed by atoms with Gasteiger partial charge in [-0.3, -0.25) is 4.90 Å². The molecule has 2 saturated heterocycles. The van der Waals surface area contributed by atoms with Gasteiger partial charge in [-0.05, 0) is 56.7 Å². The molecule has 130 valence electrons. The van der Waals surface area contributed by atoms with Crippen molar-refractivity contribution in [1.82, 2.24) is 10.2 Å². The number of hydrogen-bond acceptors (Lipinski definition) is 2. The molecule has 24 heavy (non-hydrogen) atoms. The van der Waals surface area contributed by atoms with E-state index in [4.69, 9.17) is 11.6 Å². The topological polar surface area (TPSA) is 44.4 Å². The number of anilines is 1. The average molecular weight is 348 g/mol. The molecule has 5 heteroatoms. The zero-order chi connectivity index (χ0) is 16.5. The molecule has 0 spiro atoms. The number of amides is 2. The molecule has 4 rings (SSSR count). The quantitative estimate of drug-likeness (QED) is 0.851. The Morgan fingerprint density at radius 2 is 1.75 bits per heavy atom. The number of urea groups is 1. The van der Waals surface area contributed by atoms with Crippen LogP contribution < -0.4 is 10.6 Å². The Bertz CT molecular complexity index is 588. The maximum atomic E-state index is 12.3. The van der Waals surface area contributed by atoms with Crippen LogP contribution in [0.5, 0.6) is 0 Å². The first kappa shape index (κ1) is 16.2. The molecule has 2 N–H and O–H groups in total. The lowest BCUT2D eigenvalue weighted by atomic mass is 9.95. The van der Waals surface area contributed by atoms with Crippen LogP contribution in [-0.4, -0.2) is 35.1 Å². The number of carbonyl (C=O) groups is 1. The molecule has 2 bridgehead atoms. The second-order valence-corrected chi connectivity index (χ2v) is 7.98. The van der Waals surface area contributed by atoms with E-state index in [0.29, 0.717) is 23.1 Å². The number of rotatable bonds is 3. The first-order valence-electron chi connectivity index (χ1n) is 9.29. The highest BCUT2D eigenvalue weighted by Crippen LogP contribution is 2.41. The largest absolute Gasteiger partial charge is 0.335 e. The molecular formula is C19H26ClN3O. The van der Waals surface area contributed by atoms with E-state index in [1.165, 1.54) is 38.5 Å². The van der Waals surface area contributed by atoms with Gasteiger partial charge in [0.25, 0.3) is 0 Å². The highest BCUT2D eigenvalue weighted by Gasteiger charge is 2.44. The van der Waals surface area contributed by atoms with Gasteiger partial charge in [-0.15, -0.1) is 0 Å². The number of fused-ring (bicyclic) bond motifs is 2. The predicted octanol–water partition coefficient (Wildman–Crippen LogP) is 4.40. The zero-order valence-electron chi connectivity index (χ0n) is 14.0. The summed E-state index contributed by atoms with van der Waals surface area (Å²) >= 11 is 5.97. The highest BCUT2D eigenvalue weighted by atomic mass is 35.5. The van der Waals surface area contributed by atoms with Crippen LogP contribution in [-0.2, 0) is 0 Å². The fourth-order valence-corrected chi connectivity index (χ4v) is 5.24. The van der Waals surface area contributed by atoms with E-state index in [0.717, 1.165) is 24.6 Å². The van der Waals surface area contributed by atoms with Crippen molar-refractivity contribution in [3.05, 3.63) is 29.3 Å². The molecule has 4 nitrogen and oxygen atoms in total. The fourth-order valence-electron chi connectivity index (χ4n) is 5.05. The van der Waals surface area contributed by atoms with Gasteiger partial charge < -0.3 is 10.6 Å². The SMILES string of the molecule is O=C(Nc1cccc(Cl)c1)NC1C[C@H]2CC[C@@H](C1)N2C1CCCC1. The Hall–Kier alpha value is -1.26. The van der Waals surface area contributed by atoms with Gasteiger partial charge in [-0.25, -0.2) is 4.79 Å². The maximum Gasteiger partial charge on any atom is 0.319 e. The number of nitrogens with one attached hydrogen (secondary N) is 2. The molecular weight excluding hydrogens is 322 g/mol. The summed E-state index contributed by atoms with van der Waals surface area (Å²) in [5.74, 6) is 0. The number of benzene rings is 1. The van der Waals surface area contributed by atoms with Crippen LogP contribution in [0.1, 0.15) is 51.4 Å². The van der Waals surface area contributed by atoms with Crippen molar-refractivity contribution in [2.75, 3.05) is 5.32 Å². The van der Waals surface area contributed by atoms with Crippen LogP contribution in [0, 0.1) is 0 Å². The van der Waals surface area contributed by atoms with Crippen LogP contribution >= 0.6 is 11.6 Å². The minimum absolute atomic E-state index is 0.115. The molecule has 1 saturated carbocycles. The highest BCUT2D eigenvalue weighted by molar-refractivity contribution is 6.30. The van der Waals surface area contributed by atoms with E-state index >= 15 is 0 Å². The molecule has 2 aliphatic heterocycles. The van der Waals surface area contributed by atoms with Crippen molar-refractivity contribution in [2.24, 2.45) is 0 Å². The second-order valence-electron chi connectivity index (χ2n) is 7.55. The summed E-state index contributed by atoms with van der Waals surface area (Å²) in [5, 5.41) is 6.71. The van der Waals surface area contributed by atoms with Crippen LogP contribution in [0.4, 0.5) is 10.5 Å². The summed E-state index contributed by atoms with van der Waals surface area (Å²) in [6.45, 7) is 0. The minimum Gasteiger partial charge on any atom is -0.335 e. The van der Waals surface area contributed by atoms with Gasteiger partial charge in [0.2, 0.25) is 0 Å². The summed E-state index contributed by atoms with van der Waals surface area (Å²) in [5.41, 5.74) is 0.742. The summed E-state index contributed by atoms with van der Waals surface area (Å²) in [7, 11) is 0. The summed E-state index contributed by atoms with van der Waals surface area (Å²) in [4.78, 5) is 15.1. The Morgan fingerprint density at radius 3 is 2.42 bits per heavy atom. The van der Waals surface area contributed by atoms with Crippen molar-refractivity contribution in [2.45, 2.75) is 75.5 Å². The summed E-state index contributed by atoms with van der Waals surface area (Å²) in [6, 6.07) is 9.61. The lowest BCUT2D eigenvalue weighted by Gasteiger charge is -2.42. The molecule has 3 atom stereocenters. The Balaban J connectivity index is 1.33. The average Bonchev–Trinajstić information content (AvgIpc) is 3.13. The van der Waals surface area contributed by atoms with Gasteiger partial charge in [0.05, 0.1) is 0 Å². The standard InChI is InChI=1S/C19H26ClN3O/c20-13-4-3-5-14(10-13)21-19(24)22-15-11-17-8-9-18(12-15)23(17)16-6-1-2-7-16/h3-5,10,15-18H,1-2,6-9,11-12H2,(H2,21,22,24)/t15?,17-,18+. The first-order chi connectivity index (χ1) is 11.7. The smallest absolute Gasteiger partial charge is 0.319 e. The van der Waals surface area contributed by atoms with E-state index in [9.17, 15) is 4.79 Å². The molecule has 3 fully saturated rings.